The van der Waals surface area contributed by atoms with Gasteiger partial charge in [-0.1, -0.05) is 30.3 Å². The van der Waals surface area contributed by atoms with Crippen LogP contribution in [0.5, 0.6) is 5.75 Å². The molecular formula is C19H20ClF3N2O2. The molecule has 27 heavy (non-hydrogen) atoms. The van der Waals surface area contributed by atoms with Crippen LogP contribution in [0.2, 0.25) is 0 Å². The Kier molecular flexibility index (Phi) is 6.73. The molecule has 0 aliphatic carbocycles. The normalized spacial score (nSPS) is 19.5. The molecule has 3 rings (SSSR count). The number of carbonyl (C=O) groups excluding carboxylic acids is 1. The molecule has 2 N–H and O–H groups in total. The van der Waals surface area contributed by atoms with E-state index in [9.17, 15) is 18.0 Å². The van der Waals surface area contributed by atoms with Crippen molar-refractivity contribution >= 4 is 18.3 Å². The van der Waals surface area contributed by atoms with E-state index in [0.29, 0.717) is 13.1 Å². The monoisotopic (exact) mass is 400 g/mol. The summed E-state index contributed by atoms with van der Waals surface area (Å²) in [6.07, 6.45) is -4.40. The molecule has 0 saturated carbocycles. The standard InChI is InChI=1S/C19H19F3N2O2.ClH/c20-19(21,22)14-6-8-15(9-7-14)26-12-18(25)24-10-16(17(23)11-24)13-4-2-1-3-5-13;/h1-9,16-17H,10-12,23H2;1H/t16-,17+;/m0./s1. The lowest BCUT2D eigenvalue weighted by molar-refractivity contribution is -0.137. The third-order valence-electron chi connectivity index (χ3n) is 4.49. The minimum atomic E-state index is -4.40. The molecule has 1 fully saturated rings. The molecular weight excluding hydrogens is 381 g/mol. The maximum absolute atomic E-state index is 12.5. The Morgan fingerprint density at radius 2 is 1.70 bits per heavy atom. The van der Waals surface area contributed by atoms with E-state index in [-0.39, 0.29) is 42.6 Å². The molecule has 2 aromatic rings. The van der Waals surface area contributed by atoms with Gasteiger partial charge in [0.1, 0.15) is 5.75 Å². The molecule has 146 valence electrons. The number of hydrogen-bond acceptors (Lipinski definition) is 3. The van der Waals surface area contributed by atoms with E-state index in [4.69, 9.17) is 10.5 Å². The fraction of sp³-hybridized carbons (Fsp3) is 0.316. The van der Waals surface area contributed by atoms with E-state index in [0.717, 1.165) is 17.7 Å². The first kappa shape index (κ1) is 21.1. The zero-order valence-electron chi connectivity index (χ0n) is 14.4. The number of ether oxygens (including phenoxy) is 1. The second kappa shape index (κ2) is 8.63. The molecule has 0 bridgehead atoms. The summed E-state index contributed by atoms with van der Waals surface area (Å²) in [5.41, 5.74) is 6.49. The summed E-state index contributed by atoms with van der Waals surface area (Å²) in [5.74, 6) is 0.0412. The number of likely N-dealkylation sites (tertiary alicyclic amines) is 1. The summed E-state index contributed by atoms with van der Waals surface area (Å²) in [6, 6.07) is 13.9. The highest BCUT2D eigenvalue weighted by molar-refractivity contribution is 5.85. The van der Waals surface area contributed by atoms with E-state index >= 15 is 0 Å². The van der Waals surface area contributed by atoms with Gasteiger partial charge in [0.05, 0.1) is 5.56 Å². The summed E-state index contributed by atoms with van der Waals surface area (Å²) < 4.78 is 42.9. The smallest absolute Gasteiger partial charge is 0.416 e. The van der Waals surface area contributed by atoms with Crippen LogP contribution >= 0.6 is 12.4 Å². The molecule has 2 aromatic carbocycles. The number of nitrogens with zero attached hydrogens (tertiary/aromatic N) is 1. The number of amides is 1. The SMILES string of the molecule is Cl.N[C@@H]1CN(C(=O)COc2ccc(C(F)(F)F)cc2)C[C@H]1c1ccccc1. The quantitative estimate of drug-likeness (QED) is 0.855. The van der Waals surface area contributed by atoms with Gasteiger partial charge in [-0.05, 0) is 29.8 Å². The van der Waals surface area contributed by atoms with Crippen LogP contribution < -0.4 is 10.5 Å². The highest BCUT2D eigenvalue weighted by Gasteiger charge is 2.34. The number of nitrogens with two attached hydrogens (primary N) is 1. The minimum absolute atomic E-state index is 0. The lowest BCUT2D eigenvalue weighted by atomic mass is 9.95. The number of benzene rings is 2. The van der Waals surface area contributed by atoms with Crippen LogP contribution in [0, 0.1) is 0 Å². The van der Waals surface area contributed by atoms with Gasteiger partial charge >= 0.3 is 6.18 Å². The van der Waals surface area contributed by atoms with Gasteiger partial charge in [0.2, 0.25) is 0 Å². The predicted octanol–water partition coefficient (Wildman–Crippen LogP) is 3.46. The van der Waals surface area contributed by atoms with Crippen molar-refractivity contribution < 1.29 is 22.7 Å². The molecule has 8 heteroatoms. The van der Waals surface area contributed by atoms with Crippen LogP contribution in [0.25, 0.3) is 0 Å². The van der Waals surface area contributed by atoms with Crippen molar-refractivity contribution in [2.24, 2.45) is 5.73 Å². The van der Waals surface area contributed by atoms with Gasteiger partial charge in [-0.15, -0.1) is 12.4 Å². The van der Waals surface area contributed by atoms with Gasteiger partial charge in [0.15, 0.2) is 6.61 Å². The van der Waals surface area contributed by atoms with Gasteiger partial charge in [0.25, 0.3) is 5.91 Å². The summed E-state index contributed by atoms with van der Waals surface area (Å²) in [6.45, 7) is 0.689. The number of hydrogen-bond donors (Lipinski definition) is 1. The molecule has 0 unspecified atom stereocenters. The van der Waals surface area contributed by atoms with Crippen molar-refractivity contribution in [2.75, 3.05) is 19.7 Å². The molecule has 1 saturated heterocycles. The maximum Gasteiger partial charge on any atom is 0.416 e. The van der Waals surface area contributed by atoms with Crippen molar-refractivity contribution in [3.8, 4) is 5.75 Å². The molecule has 1 aliphatic rings. The zero-order chi connectivity index (χ0) is 18.7. The van der Waals surface area contributed by atoms with E-state index in [1.54, 1.807) is 4.90 Å². The van der Waals surface area contributed by atoms with Crippen LogP contribution in [0.1, 0.15) is 17.0 Å². The van der Waals surface area contributed by atoms with Crippen LogP contribution in [0.4, 0.5) is 13.2 Å². The van der Waals surface area contributed by atoms with Gasteiger partial charge < -0.3 is 15.4 Å². The fourth-order valence-electron chi connectivity index (χ4n) is 3.06. The van der Waals surface area contributed by atoms with Gasteiger partial charge in [-0.3, -0.25) is 4.79 Å². The molecule has 2 atom stereocenters. The largest absolute Gasteiger partial charge is 0.484 e. The Labute approximate surface area is 161 Å². The second-order valence-corrected chi connectivity index (χ2v) is 6.29. The fourth-order valence-corrected chi connectivity index (χ4v) is 3.06. The van der Waals surface area contributed by atoms with Gasteiger partial charge in [0, 0.05) is 25.0 Å². The molecule has 0 radical (unpaired) electrons. The van der Waals surface area contributed by atoms with Crippen molar-refractivity contribution in [3.05, 3.63) is 65.7 Å². The Balaban J connectivity index is 0.00000261. The summed E-state index contributed by atoms with van der Waals surface area (Å²) in [5, 5.41) is 0. The maximum atomic E-state index is 12.5. The molecule has 4 nitrogen and oxygen atoms in total. The Bertz CT molecular complexity index is 754. The highest BCUT2D eigenvalue weighted by atomic mass is 35.5. The molecule has 0 aromatic heterocycles. The van der Waals surface area contributed by atoms with Crippen molar-refractivity contribution in [3.63, 3.8) is 0 Å². The molecule has 0 spiro atoms. The van der Waals surface area contributed by atoms with E-state index in [1.165, 1.54) is 12.1 Å². The minimum Gasteiger partial charge on any atom is -0.484 e. The average molecular weight is 401 g/mol. The van der Waals surface area contributed by atoms with Crippen LogP contribution in [-0.2, 0) is 11.0 Å². The zero-order valence-corrected chi connectivity index (χ0v) is 15.2. The Morgan fingerprint density at radius 3 is 2.30 bits per heavy atom. The molecule has 1 heterocycles. The first-order valence-corrected chi connectivity index (χ1v) is 8.23. The van der Waals surface area contributed by atoms with E-state index < -0.39 is 11.7 Å². The predicted molar refractivity (Wildman–Crippen MR) is 97.9 cm³/mol. The third-order valence-corrected chi connectivity index (χ3v) is 4.49. The summed E-state index contributed by atoms with van der Waals surface area (Å²) in [4.78, 5) is 14.0. The summed E-state index contributed by atoms with van der Waals surface area (Å²) in [7, 11) is 0. The number of halogens is 4. The number of rotatable bonds is 4. The number of alkyl halides is 3. The second-order valence-electron chi connectivity index (χ2n) is 6.29. The first-order valence-electron chi connectivity index (χ1n) is 8.23. The molecule has 1 amide bonds. The lowest BCUT2D eigenvalue weighted by Gasteiger charge is -2.17. The van der Waals surface area contributed by atoms with Gasteiger partial charge in [-0.25, -0.2) is 0 Å². The van der Waals surface area contributed by atoms with Crippen molar-refractivity contribution in [2.45, 2.75) is 18.1 Å². The van der Waals surface area contributed by atoms with Crippen LogP contribution in [0.3, 0.4) is 0 Å². The molecule has 1 aliphatic heterocycles. The van der Waals surface area contributed by atoms with Crippen LogP contribution in [0.15, 0.2) is 54.6 Å². The average Bonchev–Trinajstić information content (AvgIpc) is 3.02. The summed E-state index contributed by atoms with van der Waals surface area (Å²) >= 11 is 0. The number of carbonyl (C=O) groups is 1. The van der Waals surface area contributed by atoms with Crippen molar-refractivity contribution in [1.29, 1.82) is 0 Å². The van der Waals surface area contributed by atoms with E-state index in [2.05, 4.69) is 0 Å². The first-order chi connectivity index (χ1) is 12.3. The Hall–Kier alpha value is -2.25. The van der Waals surface area contributed by atoms with Crippen molar-refractivity contribution in [1.82, 2.24) is 4.90 Å². The van der Waals surface area contributed by atoms with E-state index in [1.807, 2.05) is 30.3 Å². The third kappa shape index (κ3) is 5.14. The topological polar surface area (TPSA) is 55.6 Å². The van der Waals surface area contributed by atoms with Crippen LogP contribution in [-0.4, -0.2) is 36.5 Å². The Morgan fingerprint density at radius 1 is 1.07 bits per heavy atom. The van der Waals surface area contributed by atoms with Gasteiger partial charge in [-0.2, -0.15) is 13.2 Å². The lowest BCUT2D eigenvalue weighted by Crippen LogP contribution is -2.35. The highest BCUT2D eigenvalue weighted by Crippen LogP contribution is 2.30.